The van der Waals surface area contributed by atoms with Gasteiger partial charge < -0.3 is 20.3 Å². The summed E-state index contributed by atoms with van der Waals surface area (Å²) in [6, 6.07) is 12.3. The molecule has 8 heteroatoms. The Hall–Kier alpha value is -2.28. The topological polar surface area (TPSA) is 95.9 Å². The fourth-order valence-corrected chi connectivity index (χ4v) is 2.06. The standard InChI is InChI=1S/C14H11Cl2NO2.C2H4O3/c1-9(18)19-13-8-3-2-7-12(13)17-14-10(15)5-4-6-11(14)16;3-1-2(4)5/h2-8,17H,1H3;3H,1H2,(H,4,5). The van der Waals surface area contributed by atoms with Crippen LogP contribution in [0.1, 0.15) is 6.92 Å². The summed E-state index contributed by atoms with van der Waals surface area (Å²) in [4.78, 5) is 20.2. The Morgan fingerprint density at radius 1 is 1.08 bits per heavy atom. The maximum absolute atomic E-state index is 11.0. The Morgan fingerprint density at radius 2 is 1.62 bits per heavy atom. The largest absolute Gasteiger partial charge is 0.480 e. The molecule has 0 aromatic heterocycles. The van der Waals surface area contributed by atoms with Gasteiger partial charge in [-0.05, 0) is 24.3 Å². The van der Waals surface area contributed by atoms with Crippen molar-refractivity contribution in [2.24, 2.45) is 0 Å². The lowest BCUT2D eigenvalue weighted by molar-refractivity contribution is -0.140. The summed E-state index contributed by atoms with van der Waals surface area (Å²) >= 11 is 12.2. The SMILES string of the molecule is CC(=O)Oc1ccccc1Nc1c(Cl)cccc1Cl.O=C(O)CO. The lowest BCUT2D eigenvalue weighted by Crippen LogP contribution is -2.04. The first-order chi connectivity index (χ1) is 11.3. The average molecular weight is 372 g/mol. The van der Waals surface area contributed by atoms with E-state index >= 15 is 0 Å². The molecule has 0 heterocycles. The number of para-hydroxylation sites is 3. The molecule has 0 saturated carbocycles. The van der Waals surface area contributed by atoms with Gasteiger partial charge in [-0.15, -0.1) is 0 Å². The van der Waals surface area contributed by atoms with Gasteiger partial charge in [0.15, 0.2) is 5.75 Å². The highest BCUT2D eigenvalue weighted by atomic mass is 35.5. The number of aliphatic carboxylic acids is 1. The fourth-order valence-electron chi connectivity index (χ4n) is 1.57. The van der Waals surface area contributed by atoms with E-state index in [1.807, 2.05) is 6.07 Å². The summed E-state index contributed by atoms with van der Waals surface area (Å²) in [5.74, 6) is -1.16. The molecule has 0 unspecified atom stereocenters. The molecule has 2 rings (SSSR count). The molecule has 0 saturated heterocycles. The summed E-state index contributed by atoms with van der Waals surface area (Å²) < 4.78 is 5.11. The van der Waals surface area contributed by atoms with Gasteiger partial charge in [0.2, 0.25) is 0 Å². The Morgan fingerprint density at radius 3 is 2.12 bits per heavy atom. The van der Waals surface area contributed by atoms with E-state index < -0.39 is 12.6 Å². The molecule has 0 aliphatic rings. The second-order valence-corrected chi connectivity index (χ2v) is 5.18. The van der Waals surface area contributed by atoms with Crippen LogP contribution in [0.4, 0.5) is 11.4 Å². The number of carbonyl (C=O) groups is 2. The Bertz CT molecular complexity index is 701. The van der Waals surface area contributed by atoms with Crippen LogP contribution in [-0.2, 0) is 9.59 Å². The third-order valence-electron chi connectivity index (χ3n) is 2.50. The van der Waals surface area contributed by atoms with Gasteiger partial charge in [-0.1, -0.05) is 41.4 Å². The van der Waals surface area contributed by atoms with Gasteiger partial charge in [-0.2, -0.15) is 0 Å². The molecule has 0 fully saturated rings. The van der Waals surface area contributed by atoms with Crippen molar-refractivity contribution in [1.29, 1.82) is 0 Å². The number of halogens is 2. The average Bonchev–Trinajstić information content (AvgIpc) is 2.52. The molecule has 2 aromatic carbocycles. The molecule has 0 aliphatic carbocycles. The van der Waals surface area contributed by atoms with Crippen molar-refractivity contribution in [3.05, 3.63) is 52.5 Å². The maximum atomic E-state index is 11.0. The van der Waals surface area contributed by atoms with Gasteiger partial charge in [0.25, 0.3) is 0 Å². The fraction of sp³-hybridized carbons (Fsp3) is 0.125. The van der Waals surface area contributed by atoms with Crippen LogP contribution in [0.15, 0.2) is 42.5 Å². The molecule has 2 aromatic rings. The first-order valence-electron chi connectivity index (χ1n) is 6.66. The third kappa shape index (κ3) is 6.45. The van der Waals surface area contributed by atoms with E-state index in [1.54, 1.807) is 36.4 Å². The normalized spacial score (nSPS) is 9.50. The zero-order chi connectivity index (χ0) is 18.1. The van der Waals surface area contributed by atoms with Crippen LogP contribution in [0.2, 0.25) is 10.0 Å². The van der Waals surface area contributed by atoms with E-state index in [9.17, 15) is 4.79 Å². The Labute approximate surface area is 148 Å². The summed E-state index contributed by atoms with van der Waals surface area (Å²) in [6.45, 7) is 0.569. The predicted molar refractivity (Wildman–Crippen MR) is 92.2 cm³/mol. The van der Waals surface area contributed by atoms with Crippen molar-refractivity contribution in [1.82, 2.24) is 0 Å². The number of ether oxygens (including phenoxy) is 1. The van der Waals surface area contributed by atoms with Gasteiger partial charge >= 0.3 is 11.9 Å². The summed E-state index contributed by atoms with van der Waals surface area (Å²) in [5, 5.41) is 19.1. The molecular weight excluding hydrogens is 357 g/mol. The third-order valence-corrected chi connectivity index (χ3v) is 3.13. The number of aliphatic hydroxyl groups is 1. The minimum Gasteiger partial charge on any atom is -0.480 e. The lowest BCUT2D eigenvalue weighted by atomic mass is 10.2. The van der Waals surface area contributed by atoms with Crippen molar-refractivity contribution in [3.8, 4) is 5.75 Å². The second kappa shape index (κ2) is 9.77. The molecule has 128 valence electrons. The van der Waals surface area contributed by atoms with Crippen LogP contribution in [0, 0.1) is 0 Å². The molecule has 0 bridgehead atoms. The molecule has 6 nitrogen and oxygen atoms in total. The number of hydrogen-bond acceptors (Lipinski definition) is 5. The highest BCUT2D eigenvalue weighted by molar-refractivity contribution is 6.39. The number of esters is 1. The molecule has 24 heavy (non-hydrogen) atoms. The number of anilines is 2. The van der Waals surface area contributed by atoms with Gasteiger partial charge in [0, 0.05) is 6.92 Å². The monoisotopic (exact) mass is 371 g/mol. The van der Waals surface area contributed by atoms with Gasteiger partial charge in [-0.25, -0.2) is 4.79 Å². The Kier molecular flexibility index (Phi) is 8.05. The number of carboxylic acids is 1. The van der Waals surface area contributed by atoms with Crippen LogP contribution in [-0.4, -0.2) is 28.8 Å². The van der Waals surface area contributed by atoms with Crippen molar-refractivity contribution >= 4 is 46.5 Å². The van der Waals surface area contributed by atoms with Crippen molar-refractivity contribution < 1.29 is 24.5 Å². The Balaban J connectivity index is 0.000000505. The highest BCUT2D eigenvalue weighted by Crippen LogP contribution is 2.35. The van der Waals surface area contributed by atoms with Crippen LogP contribution in [0.3, 0.4) is 0 Å². The van der Waals surface area contributed by atoms with Crippen molar-refractivity contribution in [3.63, 3.8) is 0 Å². The first-order valence-corrected chi connectivity index (χ1v) is 7.42. The summed E-state index contributed by atoms with van der Waals surface area (Å²) in [5.41, 5.74) is 1.19. The predicted octanol–water partition coefficient (Wildman–Crippen LogP) is 3.73. The highest BCUT2D eigenvalue weighted by Gasteiger charge is 2.10. The summed E-state index contributed by atoms with van der Waals surface area (Å²) in [7, 11) is 0. The zero-order valence-electron chi connectivity index (χ0n) is 12.6. The number of rotatable bonds is 4. The first kappa shape index (κ1) is 19.8. The van der Waals surface area contributed by atoms with Crippen molar-refractivity contribution in [2.75, 3.05) is 11.9 Å². The minimum atomic E-state index is -1.19. The van der Waals surface area contributed by atoms with Gasteiger partial charge in [-0.3, -0.25) is 4.79 Å². The molecular formula is C16H15Cl2NO5. The van der Waals surface area contributed by atoms with E-state index in [4.69, 9.17) is 42.9 Å². The number of benzene rings is 2. The number of hydrogen-bond donors (Lipinski definition) is 3. The number of nitrogens with one attached hydrogen (secondary N) is 1. The minimum absolute atomic E-state index is 0.389. The molecule has 0 atom stereocenters. The molecule has 0 aliphatic heterocycles. The number of carbonyl (C=O) groups excluding carboxylic acids is 1. The van der Waals surface area contributed by atoms with Gasteiger partial charge in [0.1, 0.15) is 6.61 Å². The van der Waals surface area contributed by atoms with E-state index in [1.165, 1.54) is 6.92 Å². The molecule has 3 N–H and O–H groups in total. The molecule has 0 amide bonds. The lowest BCUT2D eigenvalue weighted by Gasteiger charge is -2.13. The van der Waals surface area contributed by atoms with Gasteiger partial charge in [0.05, 0.1) is 21.4 Å². The van der Waals surface area contributed by atoms with Crippen LogP contribution in [0.25, 0.3) is 0 Å². The second-order valence-electron chi connectivity index (χ2n) is 4.36. The van der Waals surface area contributed by atoms with E-state index in [0.717, 1.165) is 0 Å². The number of carboxylic acid groups (broad SMARTS) is 1. The zero-order valence-corrected chi connectivity index (χ0v) is 14.1. The van der Waals surface area contributed by atoms with Crippen molar-refractivity contribution in [2.45, 2.75) is 6.92 Å². The van der Waals surface area contributed by atoms with Crippen LogP contribution >= 0.6 is 23.2 Å². The molecule has 0 spiro atoms. The maximum Gasteiger partial charge on any atom is 0.329 e. The number of aliphatic hydroxyl groups excluding tert-OH is 1. The van der Waals surface area contributed by atoms with E-state index in [0.29, 0.717) is 27.2 Å². The summed E-state index contributed by atoms with van der Waals surface area (Å²) in [6.07, 6.45) is 0. The smallest absolute Gasteiger partial charge is 0.329 e. The van der Waals surface area contributed by atoms with Crippen LogP contribution < -0.4 is 10.1 Å². The van der Waals surface area contributed by atoms with Crippen LogP contribution in [0.5, 0.6) is 5.75 Å². The quantitative estimate of drug-likeness (QED) is 0.559. The van der Waals surface area contributed by atoms with E-state index in [2.05, 4.69) is 5.32 Å². The van der Waals surface area contributed by atoms with E-state index in [-0.39, 0.29) is 5.97 Å². The molecule has 0 radical (unpaired) electrons.